The molecule has 0 fully saturated rings. The number of nitrogens with zero attached hydrogens (tertiary/aromatic N) is 1. The van der Waals surface area contributed by atoms with E-state index in [9.17, 15) is 9.90 Å². The number of benzene rings is 1. The molecule has 88 valence electrons. The van der Waals surface area contributed by atoms with Gasteiger partial charge in [-0.3, -0.25) is 9.89 Å². The SMILES string of the molecule is C=C(C)c1c(O)n(-c2ccc(I)cc2)[nH]c1=O. The molecule has 2 rings (SSSR count). The molecule has 0 saturated carbocycles. The van der Waals surface area contributed by atoms with Crippen molar-refractivity contribution < 1.29 is 5.11 Å². The molecule has 1 aromatic carbocycles. The van der Waals surface area contributed by atoms with Crippen LogP contribution in [0.1, 0.15) is 12.5 Å². The van der Waals surface area contributed by atoms with Gasteiger partial charge in [-0.1, -0.05) is 6.58 Å². The fraction of sp³-hybridized carbons (Fsp3) is 0.0833. The predicted octanol–water partition coefficient (Wildman–Crippen LogP) is 2.51. The highest BCUT2D eigenvalue weighted by atomic mass is 127. The molecule has 0 aliphatic rings. The Morgan fingerprint density at radius 3 is 2.47 bits per heavy atom. The Morgan fingerprint density at radius 2 is 2.00 bits per heavy atom. The van der Waals surface area contributed by atoms with Crippen molar-refractivity contribution in [2.24, 2.45) is 0 Å². The van der Waals surface area contributed by atoms with Crippen molar-refractivity contribution in [3.05, 3.63) is 50.3 Å². The van der Waals surface area contributed by atoms with E-state index in [1.807, 2.05) is 24.3 Å². The lowest BCUT2D eigenvalue weighted by Gasteiger charge is -2.04. The molecule has 0 atom stereocenters. The third kappa shape index (κ3) is 2.14. The first kappa shape index (κ1) is 12.0. The molecule has 0 amide bonds. The summed E-state index contributed by atoms with van der Waals surface area (Å²) in [6, 6.07) is 7.43. The maximum Gasteiger partial charge on any atom is 0.275 e. The Bertz CT molecular complexity index is 623. The first-order valence-electron chi connectivity index (χ1n) is 4.96. The second-order valence-electron chi connectivity index (χ2n) is 3.73. The maximum absolute atomic E-state index is 11.6. The zero-order valence-electron chi connectivity index (χ0n) is 9.20. The monoisotopic (exact) mass is 342 g/mol. The molecule has 1 heterocycles. The smallest absolute Gasteiger partial charge is 0.275 e. The Morgan fingerprint density at radius 1 is 1.41 bits per heavy atom. The standard InChI is InChI=1S/C12H11IN2O2/c1-7(2)10-11(16)14-15(12(10)17)9-5-3-8(13)4-6-9/h3-6,17H,1H2,2H3,(H,14,16). The molecule has 0 aliphatic heterocycles. The molecule has 0 bridgehead atoms. The summed E-state index contributed by atoms with van der Waals surface area (Å²) in [4.78, 5) is 11.6. The van der Waals surface area contributed by atoms with Crippen LogP contribution in [0.2, 0.25) is 0 Å². The topological polar surface area (TPSA) is 58.0 Å². The number of aromatic nitrogens is 2. The lowest BCUT2D eigenvalue weighted by Crippen LogP contribution is -2.06. The molecule has 0 unspecified atom stereocenters. The van der Waals surface area contributed by atoms with E-state index in [0.29, 0.717) is 11.3 Å². The minimum atomic E-state index is -0.339. The molecule has 5 heteroatoms. The Hall–Kier alpha value is -1.50. The van der Waals surface area contributed by atoms with E-state index in [1.54, 1.807) is 6.92 Å². The summed E-state index contributed by atoms with van der Waals surface area (Å²) in [6.45, 7) is 5.36. The number of halogens is 1. The highest BCUT2D eigenvalue weighted by molar-refractivity contribution is 14.1. The van der Waals surface area contributed by atoms with Crippen molar-refractivity contribution in [1.82, 2.24) is 9.78 Å². The molecule has 0 spiro atoms. The average Bonchev–Trinajstić information content (AvgIpc) is 2.55. The van der Waals surface area contributed by atoms with Gasteiger partial charge >= 0.3 is 0 Å². The van der Waals surface area contributed by atoms with Gasteiger partial charge in [-0.15, -0.1) is 0 Å². The molecule has 0 radical (unpaired) electrons. The number of aromatic amines is 1. The minimum absolute atomic E-state index is 0.108. The summed E-state index contributed by atoms with van der Waals surface area (Å²) < 4.78 is 2.43. The van der Waals surface area contributed by atoms with Crippen LogP contribution >= 0.6 is 22.6 Å². The van der Waals surface area contributed by atoms with E-state index in [4.69, 9.17) is 0 Å². The number of H-pyrrole nitrogens is 1. The number of aromatic hydroxyl groups is 1. The van der Waals surface area contributed by atoms with Crippen LogP contribution in [0, 0.1) is 3.57 Å². The third-order valence-electron chi connectivity index (χ3n) is 2.39. The van der Waals surface area contributed by atoms with Gasteiger partial charge in [0.05, 0.1) is 5.69 Å². The fourth-order valence-electron chi connectivity index (χ4n) is 1.59. The number of nitrogens with one attached hydrogen (secondary N) is 1. The van der Waals surface area contributed by atoms with Crippen LogP contribution in [0.4, 0.5) is 0 Å². The normalized spacial score (nSPS) is 10.5. The lowest BCUT2D eigenvalue weighted by atomic mass is 10.2. The van der Waals surface area contributed by atoms with E-state index in [-0.39, 0.29) is 17.0 Å². The van der Waals surface area contributed by atoms with Crippen molar-refractivity contribution in [1.29, 1.82) is 0 Å². The first-order chi connectivity index (χ1) is 8.00. The molecule has 4 nitrogen and oxygen atoms in total. The third-order valence-corrected chi connectivity index (χ3v) is 3.11. The van der Waals surface area contributed by atoms with Crippen LogP contribution in [0.3, 0.4) is 0 Å². The average molecular weight is 342 g/mol. The maximum atomic E-state index is 11.6. The van der Waals surface area contributed by atoms with Gasteiger partial charge in [0.2, 0.25) is 5.88 Å². The first-order valence-corrected chi connectivity index (χ1v) is 6.04. The lowest BCUT2D eigenvalue weighted by molar-refractivity contribution is 0.432. The van der Waals surface area contributed by atoms with Gasteiger partial charge in [-0.25, -0.2) is 4.68 Å². The number of allylic oxidation sites excluding steroid dienone is 1. The summed E-state index contributed by atoms with van der Waals surface area (Å²) in [7, 11) is 0. The molecular weight excluding hydrogens is 331 g/mol. The minimum Gasteiger partial charge on any atom is -0.493 e. The van der Waals surface area contributed by atoms with Crippen molar-refractivity contribution in [3.63, 3.8) is 0 Å². The summed E-state index contributed by atoms with van der Waals surface area (Å²) in [5.74, 6) is -0.108. The zero-order chi connectivity index (χ0) is 12.6. The van der Waals surface area contributed by atoms with Crippen LogP contribution in [0.25, 0.3) is 11.3 Å². The van der Waals surface area contributed by atoms with E-state index in [0.717, 1.165) is 3.57 Å². The van der Waals surface area contributed by atoms with E-state index in [1.165, 1.54) is 4.68 Å². The zero-order valence-corrected chi connectivity index (χ0v) is 11.4. The van der Waals surface area contributed by atoms with Crippen molar-refractivity contribution in [2.75, 3.05) is 0 Å². The number of hydrogen-bond acceptors (Lipinski definition) is 2. The molecule has 2 aromatic rings. The van der Waals surface area contributed by atoms with Gasteiger partial charge in [-0.05, 0) is 59.4 Å². The number of hydrogen-bond donors (Lipinski definition) is 2. The van der Waals surface area contributed by atoms with Gasteiger partial charge in [0.25, 0.3) is 5.56 Å². The van der Waals surface area contributed by atoms with Crippen LogP contribution < -0.4 is 5.56 Å². The van der Waals surface area contributed by atoms with Crippen LogP contribution in [0.15, 0.2) is 35.6 Å². The summed E-state index contributed by atoms with van der Waals surface area (Å²) in [5.41, 5.74) is 1.12. The Balaban J connectivity index is 2.61. The quantitative estimate of drug-likeness (QED) is 0.824. The largest absolute Gasteiger partial charge is 0.493 e. The van der Waals surface area contributed by atoms with Crippen LogP contribution in [-0.4, -0.2) is 14.9 Å². The predicted molar refractivity (Wildman–Crippen MR) is 75.5 cm³/mol. The van der Waals surface area contributed by atoms with E-state index < -0.39 is 0 Å². The molecule has 2 N–H and O–H groups in total. The summed E-state index contributed by atoms with van der Waals surface area (Å²) in [6.07, 6.45) is 0. The molecule has 0 saturated heterocycles. The van der Waals surface area contributed by atoms with Gasteiger partial charge < -0.3 is 5.11 Å². The van der Waals surface area contributed by atoms with Gasteiger partial charge in [0.1, 0.15) is 5.56 Å². The van der Waals surface area contributed by atoms with Gasteiger partial charge in [0, 0.05) is 3.57 Å². The molecule has 1 aromatic heterocycles. The Labute approximate surface area is 112 Å². The molecule has 17 heavy (non-hydrogen) atoms. The second kappa shape index (κ2) is 4.40. The molecule has 0 aliphatic carbocycles. The molecular formula is C12H11IN2O2. The second-order valence-corrected chi connectivity index (χ2v) is 4.98. The van der Waals surface area contributed by atoms with Gasteiger partial charge in [0.15, 0.2) is 0 Å². The van der Waals surface area contributed by atoms with E-state index in [2.05, 4.69) is 34.3 Å². The number of rotatable bonds is 2. The van der Waals surface area contributed by atoms with Crippen LogP contribution in [0.5, 0.6) is 5.88 Å². The van der Waals surface area contributed by atoms with Crippen molar-refractivity contribution in [3.8, 4) is 11.6 Å². The Kier molecular flexibility index (Phi) is 3.10. The van der Waals surface area contributed by atoms with Crippen LogP contribution in [-0.2, 0) is 0 Å². The highest BCUT2D eigenvalue weighted by Gasteiger charge is 2.15. The van der Waals surface area contributed by atoms with Crippen molar-refractivity contribution >= 4 is 28.2 Å². The van der Waals surface area contributed by atoms with E-state index >= 15 is 0 Å². The fourth-order valence-corrected chi connectivity index (χ4v) is 1.94. The highest BCUT2D eigenvalue weighted by Crippen LogP contribution is 2.23. The van der Waals surface area contributed by atoms with Gasteiger partial charge in [-0.2, -0.15) is 0 Å². The van der Waals surface area contributed by atoms with Crippen molar-refractivity contribution in [2.45, 2.75) is 6.92 Å². The summed E-state index contributed by atoms with van der Waals surface area (Å²) in [5, 5.41) is 12.5. The summed E-state index contributed by atoms with van der Waals surface area (Å²) >= 11 is 2.19.